The summed E-state index contributed by atoms with van der Waals surface area (Å²) in [6.45, 7) is 4.86. The number of nitrogens with one attached hydrogen (secondary N) is 1. The number of piperidine rings is 1. The predicted octanol–water partition coefficient (Wildman–Crippen LogP) is 1.93. The lowest BCUT2D eigenvalue weighted by molar-refractivity contribution is 0.122. The van der Waals surface area contributed by atoms with Crippen molar-refractivity contribution in [3.8, 4) is 0 Å². The van der Waals surface area contributed by atoms with Crippen molar-refractivity contribution in [3.05, 3.63) is 36.4 Å². The fourth-order valence-corrected chi connectivity index (χ4v) is 3.36. The summed E-state index contributed by atoms with van der Waals surface area (Å²) in [5, 5.41) is 3.53. The summed E-state index contributed by atoms with van der Waals surface area (Å²) in [5.74, 6) is 2.15. The monoisotopic (exact) mass is 358 g/mol. The van der Waals surface area contributed by atoms with Gasteiger partial charge in [0.2, 0.25) is 5.95 Å². The Morgan fingerprint density at radius 1 is 1.00 bits per heavy atom. The average Bonchev–Trinajstić information content (AvgIpc) is 2.70. The van der Waals surface area contributed by atoms with E-state index in [0.29, 0.717) is 6.04 Å². The fraction of sp³-hybridized carbons (Fsp3) is 0.500. The lowest BCUT2D eigenvalue weighted by Gasteiger charge is -2.33. The van der Waals surface area contributed by atoms with Crippen molar-refractivity contribution in [2.75, 3.05) is 54.5 Å². The first kappa shape index (κ1) is 17.0. The smallest absolute Gasteiger partial charge is 0.227 e. The molecule has 0 radical (unpaired) electrons. The molecule has 2 aromatic heterocycles. The van der Waals surface area contributed by atoms with Crippen molar-refractivity contribution in [2.24, 2.45) is 0 Å². The number of hydrogen-bond donors (Lipinski definition) is 1. The normalized spacial score (nSPS) is 18.8. The van der Waals surface area contributed by atoms with E-state index in [4.69, 9.17) is 4.74 Å². The lowest BCUT2D eigenvalue weighted by Crippen LogP contribution is -2.40. The molecule has 138 valence electrons. The highest BCUT2D eigenvalue weighted by Gasteiger charge is 2.21. The SMILES string of the molecule is Fc1ccc(N2CCC(Nc3ccnc(N4CCOCC4)n3)CC2)nc1. The molecule has 0 aliphatic carbocycles. The molecule has 0 saturated carbocycles. The van der Waals surface area contributed by atoms with Crippen LogP contribution in [0.4, 0.5) is 22.0 Å². The van der Waals surface area contributed by atoms with Gasteiger partial charge in [0.15, 0.2) is 0 Å². The van der Waals surface area contributed by atoms with Gasteiger partial charge in [0.1, 0.15) is 17.5 Å². The molecule has 7 nitrogen and oxygen atoms in total. The molecule has 0 aromatic carbocycles. The van der Waals surface area contributed by atoms with Gasteiger partial charge >= 0.3 is 0 Å². The van der Waals surface area contributed by atoms with Crippen molar-refractivity contribution in [1.82, 2.24) is 15.0 Å². The molecule has 0 atom stereocenters. The number of morpholine rings is 1. The molecule has 2 saturated heterocycles. The molecule has 2 aromatic rings. The molecule has 0 bridgehead atoms. The zero-order valence-corrected chi connectivity index (χ0v) is 14.6. The minimum absolute atomic E-state index is 0.301. The van der Waals surface area contributed by atoms with Crippen LogP contribution in [0.15, 0.2) is 30.6 Å². The van der Waals surface area contributed by atoms with E-state index in [1.165, 1.54) is 12.3 Å². The first-order chi connectivity index (χ1) is 12.8. The maximum absolute atomic E-state index is 13.0. The van der Waals surface area contributed by atoms with E-state index < -0.39 is 0 Å². The second-order valence-electron chi connectivity index (χ2n) is 6.58. The summed E-state index contributed by atoms with van der Waals surface area (Å²) in [7, 11) is 0. The maximum Gasteiger partial charge on any atom is 0.227 e. The molecule has 0 unspecified atom stereocenters. The molecule has 1 N–H and O–H groups in total. The number of pyridine rings is 1. The number of halogens is 1. The first-order valence-electron chi connectivity index (χ1n) is 9.07. The van der Waals surface area contributed by atoms with Crippen LogP contribution in [0.3, 0.4) is 0 Å². The topological polar surface area (TPSA) is 66.4 Å². The Labute approximate surface area is 152 Å². The van der Waals surface area contributed by atoms with Crippen LogP contribution >= 0.6 is 0 Å². The van der Waals surface area contributed by atoms with Crippen LogP contribution in [0, 0.1) is 5.82 Å². The highest BCUT2D eigenvalue weighted by atomic mass is 19.1. The largest absolute Gasteiger partial charge is 0.378 e. The third-order valence-corrected chi connectivity index (χ3v) is 4.82. The fourth-order valence-electron chi connectivity index (χ4n) is 3.36. The Morgan fingerprint density at radius 3 is 2.54 bits per heavy atom. The van der Waals surface area contributed by atoms with Gasteiger partial charge in [-0.1, -0.05) is 0 Å². The van der Waals surface area contributed by atoms with Gasteiger partial charge in [0.25, 0.3) is 0 Å². The molecule has 0 amide bonds. The summed E-state index contributed by atoms with van der Waals surface area (Å²) in [4.78, 5) is 17.6. The van der Waals surface area contributed by atoms with Gasteiger partial charge in [-0.2, -0.15) is 4.98 Å². The Bertz CT molecular complexity index is 714. The molecule has 2 aliphatic rings. The minimum atomic E-state index is -0.301. The molecule has 26 heavy (non-hydrogen) atoms. The van der Waals surface area contributed by atoms with Crippen LogP contribution < -0.4 is 15.1 Å². The van der Waals surface area contributed by atoms with Crippen molar-refractivity contribution in [3.63, 3.8) is 0 Å². The standard InChI is InChI=1S/C18H23FN6O/c19-14-1-2-17(21-13-14)24-7-4-15(5-8-24)22-16-3-6-20-18(23-16)25-9-11-26-12-10-25/h1-3,6,13,15H,4-5,7-12H2,(H,20,22,23). The van der Waals surface area contributed by atoms with E-state index in [9.17, 15) is 4.39 Å². The van der Waals surface area contributed by atoms with Gasteiger partial charge in [-0.25, -0.2) is 14.4 Å². The molecular formula is C18H23FN6O. The van der Waals surface area contributed by atoms with E-state index in [2.05, 4.69) is 30.1 Å². The van der Waals surface area contributed by atoms with Crippen LogP contribution in [-0.4, -0.2) is 60.4 Å². The molecule has 2 aliphatic heterocycles. The lowest BCUT2D eigenvalue weighted by atomic mass is 10.1. The van der Waals surface area contributed by atoms with Gasteiger partial charge in [0.05, 0.1) is 19.4 Å². The Morgan fingerprint density at radius 2 is 1.81 bits per heavy atom. The third kappa shape index (κ3) is 4.01. The number of aromatic nitrogens is 3. The molecule has 2 fully saturated rings. The van der Waals surface area contributed by atoms with Gasteiger partial charge < -0.3 is 19.9 Å². The summed E-state index contributed by atoms with van der Waals surface area (Å²) in [6.07, 6.45) is 5.04. The average molecular weight is 358 g/mol. The van der Waals surface area contributed by atoms with Gasteiger partial charge in [-0.05, 0) is 31.0 Å². The number of ether oxygens (including phenoxy) is 1. The summed E-state index contributed by atoms with van der Waals surface area (Å²) in [5.41, 5.74) is 0. The van der Waals surface area contributed by atoms with Crippen LogP contribution in [-0.2, 0) is 4.74 Å². The Hall–Kier alpha value is -2.48. The minimum Gasteiger partial charge on any atom is -0.378 e. The summed E-state index contributed by atoms with van der Waals surface area (Å²) < 4.78 is 18.4. The Balaban J connectivity index is 1.33. The van der Waals surface area contributed by atoms with E-state index >= 15 is 0 Å². The zero-order valence-electron chi connectivity index (χ0n) is 14.6. The number of anilines is 3. The predicted molar refractivity (Wildman–Crippen MR) is 98.1 cm³/mol. The van der Waals surface area contributed by atoms with E-state index in [0.717, 1.165) is 69.8 Å². The maximum atomic E-state index is 13.0. The Kier molecular flexibility index (Phi) is 5.10. The van der Waals surface area contributed by atoms with E-state index in [1.807, 2.05) is 6.07 Å². The molecular weight excluding hydrogens is 335 g/mol. The number of hydrogen-bond acceptors (Lipinski definition) is 7. The molecule has 8 heteroatoms. The molecule has 4 rings (SSSR count). The summed E-state index contributed by atoms with van der Waals surface area (Å²) >= 11 is 0. The highest BCUT2D eigenvalue weighted by molar-refractivity contribution is 5.43. The van der Waals surface area contributed by atoms with E-state index in [-0.39, 0.29) is 5.82 Å². The van der Waals surface area contributed by atoms with Gasteiger partial charge in [0, 0.05) is 38.4 Å². The van der Waals surface area contributed by atoms with Crippen LogP contribution in [0.25, 0.3) is 0 Å². The zero-order chi connectivity index (χ0) is 17.8. The second kappa shape index (κ2) is 7.82. The van der Waals surface area contributed by atoms with Crippen molar-refractivity contribution >= 4 is 17.6 Å². The van der Waals surface area contributed by atoms with Gasteiger partial charge in [-0.3, -0.25) is 0 Å². The third-order valence-electron chi connectivity index (χ3n) is 4.82. The number of rotatable bonds is 4. The van der Waals surface area contributed by atoms with Gasteiger partial charge in [-0.15, -0.1) is 0 Å². The molecule has 0 spiro atoms. The highest BCUT2D eigenvalue weighted by Crippen LogP contribution is 2.21. The number of nitrogens with zero attached hydrogens (tertiary/aromatic N) is 5. The first-order valence-corrected chi connectivity index (χ1v) is 9.07. The van der Waals surface area contributed by atoms with Crippen molar-refractivity contribution < 1.29 is 9.13 Å². The summed E-state index contributed by atoms with van der Waals surface area (Å²) in [6, 6.07) is 5.47. The molecule has 4 heterocycles. The van der Waals surface area contributed by atoms with Crippen LogP contribution in [0.1, 0.15) is 12.8 Å². The quantitative estimate of drug-likeness (QED) is 0.896. The van der Waals surface area contributed by atoms with E-state index in [1.54, 1.807) is 12.3 Å². The van der Waals surface area contributed by atoms with Crippen molar-refractivity contribution in [1.29, 1.82) is 0 Å². The van der Waals surface area contributed by atoms with Crippen LogP contribution in [0.2, 0.25) is 0 Å². The van der Waals surface area contributed by atoms with Crippen LogP contribution in [0.5, 0.6) is 0 Å². The van der Waals surface area contributed by atoms with Crippen molar-refractivity contribution in [2.45, 2.75) is 18.9 Å². The second-order valence-corrected chi connectivity index (χ2v) is 6.58.